The van der Waals surface area contributed by atoms with Crippen LogP contribution in [0.1, 0.15) is 25.5 Å². The van der Waals surface area contributed by atoms with Gasteiger partial charge in [0.15, 0.2) is 11.8 Å². The van der Waals surface area contributed by atoms with Crippen LogP contribution in [0.4, 0.5) is 0 Å². The molecule has 0 unspecified atom stereocenters. The molecule has 0 amide bonds. The molecule has 1 fully saturated rings. The SMILES string of the molecule is CN=C(NCc1nnc(C)n1C)N1CCN(S(=O)(=O)CCOC(C)C)CC1. The summed E-state index contributed by atoms with van der Waals surface area (Å²) in [6, 6.07) is 0. The van der Waals surface area contributed by atoms with Crippen molar-refractivity contribution >= 4 is 16.0 Å². The third kappa shape index (κ3) is 5.88. The van der Waals surface area contributed by atoms with E-state index in [-0.39, 0.29) is 18.5 Å². The number of aromatic nitrogens is 3. The highest BCUT2D eigenvalue weighted by molar-refractivity contribution is 7.89. The Morgan fingerprint density at radius 1 is 1.26 bits per heavy atom. The van der Waals surface area contributed by atoms with Crippen LogP contribution >= 0.6 is 0 Å². The maximum atomic E-state index is 12.4. The summed E-state index contributed by atoms with van der Waals surface area (Å²) in [5, 5.41) is 11.4. The van der Waals surface area contributed by atoms with Gasteiger partial charge >= 0.3 is 0 Å². The van der Waals surface area contributed by atoms with E-state index in [4.69, 9.17) is 4.74 Å². The van der Waals surface area contributed by atoms with E-state index in [2.05, 4.69) is 25.4 Å². The minimum Gasteiger partial charge on any atom is -0.378 e. The predicted molar refractivity (Wildman–Crippen MR) is 104 cm³/mol. The van der Waals surface area contributed by atoms with Gasteiger partial charge in [-0.15, -0.1) is 10.2 Å². The highest BCUT2D eigenvalue weighted by Crippen LogP contribution is 2.09. The molecular formula is C16H31N7O3S. The van der Waals surface area contributed by atoms with E-state index in [0.29, 0.717) is 32.7 Å². The second kappa shape index (κ2) is 9.47. The van der Waals surface area contributed by atoms with Gasteiger partial charge in [-0.1, -0.05) is 0 Å². The lowest BCUT2D eigenvalue weighted by atomic mass is 10.4. The molecule has 2 heterocycles. The van der Waals surface area contributed by atoms with Gasteiger partial charge in [0, 0.05) is 40.3 Å². The van der Waals surface area contributed by atoms with Crippen molar-refractivity contribution in [1.82, 2.24) is 29.3 Å². The molecule has 0 radical (unpaired) electrons. The van der Waals surface area contributed by atoms with Crippen LogP contribution in [-0.4, -0.2) is 90.0 Å². The highest BCUT2D eigenvalue weighted by atomic mass is 32.2. The number of piperazine rings is 1. The van der Waals surface area contributed by atoms with Crippen molar-refractivity contribution in [3.05, 3.63) is 11.6 Å². The van der Waals surface area contributed by atoms with Crippen molar-refractivity contribution in [2.45, 2.75) is 33.4 Å². The summed E-state index contributed by atoms with van der Waals surface area (Å²) in [5.41, 5.74) is 0. The molecule has 27 heavy (non-hydrogen) atoms. The molecule has 1 aromatic heterocycles. The number of aliphatic imine (C=N–C) groups is 1. The number of sulfonamides is 1. The molecule has 1 aliphatic heterocycles. The summed E-state index contributed by atoms with van der Waals surface area (Å²) in [6.45, 7) is 8.47. The number of ether oxygens (including phenoxy) is 1. The van der Waals surface area contributed by atoms with Gasteiger partial charge in [-0.3, -0.25) is 4.99 Å². The zero-order valence-corrected chi connectivity index (χ0v) is 17.7. The minimum absolute atomic E-state index is 0.0175. The number of nitrogens with zero attached hydrogens (tertiary/aromatic N) is 6. The topological polar surface area (TPSA) is 105 Å². The van der Waals surface area contributed by atoms with Crippen LogP contribution in [0.5, 0.6) is 0 Å². The molecule has 0 aromatic carbocycles. The van der Waals surface area contributed by atoms with Gasteiger partial charge in [-0.2, -0.15) is 4.31 Å². The number of hydrogen-bond acceptors (Lipinski definition) is 6. The van der Waals surface area contributed by atoms with E-state index in [1.54, 1.807) is 7.05 Å². The Bertz CT molecular complexity index is 737. The number of rotatable bonds is 7. The first kappa shape index (κ1) is 21.6. The average molecular weight is 402 g/mol. The van der Waals surface area contributed by atoms with Crippen LogP contribution in [0, 0.1) is 6.92 Å². The fraction of sp³-hybridized carbons (Fsp3) is 0.812. The molecule has 1 N–H and O–H groups in total. The number of hydrogen-bond donors (Lipinski definition) is 1. The molecule has 1 aromatic rings. The summed E-state index contributed by atoms with van der Waals surface area (Å²) in [7, 11) is 0.344. The van der Waals surface area contributed by atoms with Crippen molar-refractivity contribution in [2.24, 2.45) is 12.0 Å². The van der Waals surface area contributed by atoms with Crippen molar-refractivity contribution < 1.29 is 13.2 Å². The lowest BCUT2D eigenvalue weighted by Gasteiger charge is -2.35. The maximum absolute atomic E-state index is 12.4. The number of guanidine groups is 1. The van der Waals surface area contributed by atoms with Crippen LogP contribution in [0.15, 0.2) is 4.99 Å². The second-order valence-corrected chi connectivity index (χ2v) is 8.83. The van der Waals surface area contributed by atoms with E-state index in [0.717, 1.165) is 17.6 Å². The Hall–Kier alpha value is -1.72. The smallest absolute Gasteiger partial charge is 0.216 e. The molecule has 0 aliphatic carbocycles. The molecule has 11 heteroatoms. The normalized spacial score (nSPS) is 17.0. The summed E-state index contributed by atoms with van der Waals surface area (Å²) in [6.07, 6.45) is 0.0316. The lowest BCUT2D eigenvalue weighted by Crippen LogP contribution is -2.54. The van der Waals surface area contributed by atoms with Crippen LogP contribution in [0.25, 0.3) is 0 Å². The molecule has 0 saturated carbocycles. The lowest BCUT2D eigenvalue weighted by molar-refractivity contribution is 0.0904. The van der Waals surface area contributed by atoms with Gasteiger partial charge in [0.25, 0.3) is 0 Å². The van der Waals surface area contributed by atoms with Gasteiger partial charge < -0.3 is 19.5 Å². The summed E-state index contributed by atoms with van der Waals surface area (Å²) >= 11 is 0. The first-order chi connectivity index (χ1) is 12.7. The van der Waals surface area contributed by atoms with Gasteiger partial charge in [-0.05, 0) is 20.8 Å². The molecule has 0 spiro atoms. The predicted octanol–water partition coefficient (Wildman–Crippen LogP) is -0.429. The van der Waals surface area contributed by atoms with Crippen LogP contribution < -0.4 is 5.32 Å². The van der Waals surface area contributed by atoms with Gasteiger partial charge in [-0.25, -0.2) is 8.42 Å². The zero-order chi connectivity index (χ0) is 20.0. The molecular weight excluding hydrogens is 370 g/mol. The molecule has 154 valence electrons. The Morgan fingerprint density at radius 3 is 2.44 bits per heavy atom. The van der Waals surface area contributed by atoms with Gasteiger partial charge in [0.1, 0.15) is 5.82 Å². The third-order valence-corrected chi connectivity index (χ3v) is 6.36. The van der Waals surface area contributed by atoms with Crippen molar-refractivity contribution in [3.8, 4) is 0 Å². The minimum atomic E-state index is -3.29. The van der Waals surface area contributed by atoms with E-state index >= 15 is 0 Å². The molecule has 2 rings (SSSR count). The Kier molecular flexibility index (Phi) is 7.57. The monoisotopic (exact) mass is 401 g/mol. The molecule has 10 nitrogen and oxygen atoms in total. The first-order valence-corrected chi connectivity index (χ1v) is 10.8. The molecule has 1 aliphatic rings. The van der Waals surface area contributed by atoms with Crippen LogP contribution in [0.2, 0.25) is 0 Å². The summed E-state index contributed by atoms with van der Waals surface area (Å²) in [5.74, 6) is 2.42. The first-order valence-electron chi connectivity index (χ1n) is 9.14. The van der Waals surface area contributed by atoms with Crippen molar-refractivity contribution in [1.29, 1.82) is 0 Å². The quantitative estimate of drug-likeness (QED) is 0.488. The molecule has 1 saturated heterocycles. The van der Waals surface area contributed by atoms with Crippen molar-refractivity contribution in [2.75, 3.05) is 45.6 Å². The van der Waals surface area contributed by atoms with E-state index < -0.39 is 10.0 Å². The highest BCUT2D eigenvalue weighted by Gasteiger charge is 2.28. The van der Waals surface area contributed by atoms with Crippen LogP contribution in [-0.2, 0) is 28.4 Å². The standard InChI is InChI=1S/C16H31N7O3S/c1-13(2)26-10-11-27(24,25)23-8-6-22(7-9-23)16(17-4)18-12-15-20-19-14(3)21(15)5/h13H,6-12H2,1-5H3,(H,17,18). The van der Waals surface area contributed by atoms with Crippen LogP contribution in [0.3, 0.4) is 0 Å². The largest absolute Gasteiger partial charge is 0.378 e. The average Bonchev–Trinajstić information content (AvgIpc) is 2.94. The van der Waals surface area contributed by atoms with E-state index in [1.807, 2.05) is 32.4 Å². The van der Waals surface area contributed by atoms with Gasteiger partial charge in [0.2, 0.25) is 10.0 Å². The Labute approximate surface area is 161 Å². The number of aryl methyl sites for hydroxylation is 1. The second-order valence-electron chi connectivity index (χ2n) is 6.74. The van der Waals surface area contributed by atoms with Crippen molar-refractivity contribution in [3.63, 3.8) is 0 Å². The van der Waals surface area contributed by atoms with Gasteiger partial charge in [0.05, 0.1) is 25.0 Å². The summed E-state index contributed by atoms with van der Waals surface area (Å²) < 4.78 is 33.7. The molecule has 0 bridgehead atoms. The number of nitrogens with one attached hydrogen (secondary N) is 1. The fourth-order valence-electron chi connectivity index (χ4n) is 2.79. The Morgan fingerprint density at radius 2 is 1.93 bits per heavy atom. The molecule has 0 atom stereocenters. The Balaban J connectivity index is 1.85. The van der Waals surface area contributed by atoms with E-state index in [1.165, 1.54) is 4.31 Å². The zero-order valence-electron chi connectivity index (χ0n) is 16.8. The fourth-order valence-corrected chi connectivity index (χ4v) is 4.08. The van der Waals surface area contributed by atoms with E-state index in [9.17, 15) is 8.42 Å². The third-order valence-electron chi connectivity index (χ3n) is 4.52. The maximum Gasteiger partial charge on any atom is 0.216 e. The summed E-state index contributed by atoms with van der Waals surface area (Å²) in [4.78, 5) is 6.36.